The van der Waals surface area contributed by atoms with Crippen LogP contribution in [-0.2, 0) is 4.74 Å². The second-order valence-electron chi connectivity index (χ2n) is 2.36. The molecule has 70 valence electrons. The minimum atomic E-state index is -0.412. The van der Waals surface area contributed by atoms with Gasteiger partial charge in [0.15, 0.2) is 0 Å². The first-order valence-electron chi connectivity index (χ1n) is 3.82. The van der Waals surface area contributed by atoms with Crippen molar-refractivity contribution in [3.63, 3.8) is 0 Å². The molecule has 0 spiro atoms. The Balaban J connectivity index is 3.05. The van der Waals surface area contributed by atoms with E-state index in [0.717, 1.165) is 0 Å². The number of ether oxygens (including phenoxy) is 1. The summed E-state index contributed by atoms with van der Waals surface area (Å²) in [4.78, 5) is 0. The average Bonchev–Trinajstić information content (AvgIpc) is 2.04. The van der Waals surface area contributed by atoms with Gasteiger partial charge in [-0.15, -0.1) is 0 Å². The van der Waals surface area contributed by atoms with Crippen molar-refractivity contribution < 1.29 is 9.13 Å². The number of benzene rings is 1. The van der Waals surface area contributed by atoms with E-state index in [1.165, 1.54) is 6.07 Å². The highest BCUT2D eigenvalue weighted by Gasteiger charge is 2.12. The van der Waals surface area contributed by atoms with Crippen molar-refractivity contribution in [1.29, 1.82) is 5.41 Å². The average molecular weight is 293 g/mol. The van der Waals surface area contributed by atoms with Crippen LogP contribution in [0.4, 0.5) is 4.39 Å². The summed E-state index contributed by atoms with van der Waals surface area (Å²) < 4.78 is 18.8. The van der Waals surface area contributed by atoms with Gasteiger partial charge in [-0.1, -0.05) is 6.07 Å². The van der Waals surface area contributed by atoms with Gasteiger partial charge in [-0.2, -0.15) is 0 Å². The van der Waals surface area contributed by atoms with Crippen molar-refractivity contribution in [3.05, 3.63) is 33.1 Å². The minimum absolute atomic E-state index is 0.106. The van der Waals surface area contributed by atoms with Gasteiger partial charge in [0.05, 0.1) is 12.2 Å². The topological polar surface area (TPSA) is 33.1 Å². The molecule has 0 aliphatic heterocycles. The van der Waals surface area contributed by atoms with Crippen LogP contribution >= 0.6 is 22.6 Å². The minimum Gasteiger partial charge on any atom is -0.478 e. The summed E-state index contributed by atoms with van der Waals surface area (Å²) in [5.74, 6) is -0.518. The molecule has 1 aromatic carbocycles. The molecule has 0 heterocycles. The Labute approximate surface area is 89.8 Å². The van der Waals surface area contributed by atoms with Gasteiger partial charge < -0.3 is 4.74 Å². The molecule has 0 saturated heterocycles. The van der Waals surface area contributed by atoms with E-state index < -0.39 is 5.82 Å². The normalized spacial score (nSPS) is 9.77. The lowest BCUT2D eigenvalue weighted by Crippen LogP contribution is -2.09. The Hall–Kier alpha value is -0.650. The van der Waals surface area contributed by atoms with Gasteiger partial charge in [-0.3, -0.25) is 5.41 Å². The fourth-order valence-electron chi connectivity index (χ4n) is 0.931. The first kappa shape index (κ1) is 10.4. The monoisotopic (exact) mass is 293 g/mol. The number of rotatable bonds is 2. The molecule has 0 bridgehead atoms. The Bertz CT molecular complexity index is 307. The van der Waals surface area contributed by atoms with Gasteiger partial charge in [0, 0.05) is 3.57 Å². The maximum atomic E-state index is 13.2. The summed E-state index contributed by atoms with van der Waals surface area (Å²) in [5, 5.41) is 7.44. The van der Waals surface area contributed by atoms with Crippen LogP contribution in [0.2, 0.25) is 0 Å². The molecule has 0 fully saturated rings. The molecular weight excluding hydrogens is 284 g/mol. The lowest BCUT2D eigenvalue weighted by atomic mass is 10.2. The van der Waals surface area contributed by atoms with Crippen molar-refractivity contribution in [2.45, 2.75) is 6.92 Å². The van der Waals surface area contributed by atoms with Crippen LogP contribution in [0.3, 0.4) is 0 Å². The maximum absolute atomic E-state index is 13.2. The Kier molecular flexibility index (Phi) is 3.65. The predicted molar refractivity (Wildman–Crippen MR) is 57.6 cm³/mol. The largest absolute Gasteiger partial charge is 0.478 e. The van der Waals surface area contributed by atoms with Gasteiger partial charge >= 0.3 is 0 Å². The van der Waals surface area contributed by atoms with Crippen molar-refractivity contribution in [2.75, 3.05) is 6.61 Å². The first-order valence-corrected chi connectivity index (χ1v) is 4.90. The van der Waals surface area contributed by atoms with Crippen LogP contribution in [0.5, 0.6) is 0 Å². The maximum Gasteiger partial charge on any atom is 0.217 e. The highest BCUT2D eigenvalue weighted by Crippen LogP contribution is 2.16. The Morgan fingerprint density at radius 3 is 2.85 bits per heavy atom. The van der Waals surface area contributed by atoms with E-state index in [0.29, 0.717) is 10.2 Å². The van der Waals surface area contributed by atoms with Crippen LogP contribution in [0, 0.1) is 14.8 Å². The van der Waals surface area contributed by atoms with Crippen molar-refractivity contribution in [1.82, 2.24) is 0 Å². The predicted octanol–water partition coefficient (Wildman–Crippen LogP) is 2.79. The zero-order valence-electron chi connectivity index (χ0n) is 7.10. The Morgan fingerprint density at radius 2 is 2.31 bits per heavy atom. The SMILES string of the molecule is CCOC(=N)c1c(F)cccc1I. The standard InChI is InChI=1S/C9H9FINO/c1-2-13-9(12)8-6(10)4-3-5-7(8)11/h3-5,12H,2H2,1H3. The zero-order valence-corrected chi connectivity index (χ0v) is 9.26. The number of hydrogen-bond acceptors (Lipinski definition) is 2. The molecule has 0 amide bonds. The molecule has 1 rings (SSSR count). The van der Waals surface area contributed by atoms with Crippen molar-refractivity contribution in [2.24, 2.45) is 0 Å². The highest BCUT2D eigenvalue weighted by atomic mass is 127. The molecule has 0 saturated carbocycles. The summed E-state index contributed by atoms with van der Waals surface area (Å²) in [7, 11) is 0. The number of nitrogens with one attached hydrogen (secondary N) is 1. The third-order valence-electron chi connectivity index (χ3n) is 1.48. The molecule has 0 aliphatic carbocycles. The zero-order chi connectivity index (χ0) is 9.84. The van der Waals surface area contributed by atoms with Crippen molar-refractivity contribution in [3.8, 4) is 0 Å². The lowest BCUT2D eigenvalue weighted by Gasteiger charge is -2.07. The lowest BCUT2D eigenvalue weighted by molar-refractivity contribution is 0.324. The van der Waals surface area contributed by atoms with Gasteiger partial charge in [-0.05, 0) is 41.6 Å². The van der Waals surface area contributed by atoms with E-state index in [9.17, 15) is 4.39 Å². The van der Waals surface area contributed by atoms with Crippen LogP contribution in [-0.4, -0.2) is 12.5 Å². The summed E-state index contributed by atoms with van der Waals surface area (Å²) in [6.45, 7) is 2.14. The van der Waals surface area contributed by atoms with E-state index in [-0.39, 0.29) is 11.5 Å². The van der Waals surface area contributed by atoms with Crippen LogP contribution in [0.15, 0.2) is 18.2 Å². The van der Waals surface area contributed by atoms with Gasteiger partial charge in [0.25, 0.3) is 0 Å². The number of hydrogen-bond donors (Lipinski definition) is 1. The molecule has 0 radical (unpaired) electrons. The molecule has 0 aromatic heterocycles. The second kappa shape index (κ2) is 4.55. The third-order valence-corrected chi connectivity index (χ3v) is 2.38. The van der Waals surface area contributed by atoms with E-state index in [4.69, 9.17) is 10.1 Å². The Morgan fingerprint density at radius 1 is 1.62 bits per heavy atom. The molecule has 0 atom stereocenters. The molecule has 1 aromatic rings. The molecule has 2 nitrogen and oxygen atoms in total. The van der Waals surface area contributed by atoms with Gasteiger partial charge in [0.2, 0.25) is 5.90 Å². The van der Waals surface area contributed by atoms with E-state index >= 15 is 0 Å². The summed E-state index contributed by atoms with van der Waals surface area (Å²) in [5.41, 5.74) is 0.241. The van der Waals surface area contributed by atoms with E-state index in [2.05, 4.69) is 0 Å². The van der Waals surface area contributed by atoms with Gasteiger partial charge in [-0.25, -0.2) is 4.39 Å². The quantitative estimate of drug-likeness (QED) is 0.507. The van der Waals surface area contributed by atoms with Crippen molar-refractivity contribution >= 4 is 28.5 Å². The smallest absolute Gasteiger partial charge is 0.217 e. The second-order valence-corrected chi connectivity index (χ2v) is 3.52. The summed E-state index contributed by atoms with van der Waals surface area (Å²) in [6.07, 6.45) is 0. The van der Waals surface area contributed by atoms with E-state index in [1.54, 1.807) is 19.1 Å². The van der Waals surface area contributed by atoms with Crippen LogP contribution in [0.25, 0.3) is 0 Å². The summed E-state index contributed by atoms with van der Waals surface area (Å²) in [6, 6.07) is 4.68. The molecule has 13 heavy (non-hydrogen) atoms. The van der Waals surface area contributed by atoms with Crippen LogP contribution in [0.1, 0.15) is 12.5 Å². The van der Waals surface area contributed by atoms with Gasteiger partial charge in [0.1, 0.15) is 5.82 Å². The summed E-state index contributed by atoms with van der Waals surface area (Å²) >= 11 is 1.98. The molecule has 1 N–H and O–H groups in total. The fraction of sp³-hybridized carbons (Fsp3) is 0.222. The van der Waals surface area contributed by atoms with Crippen LogP contribution < -0.4 is 0 Å². The molecular formula is C9H9FINO. The molecule has 0 aliphatic rings. The van der Waals surface area contributed by atoms with E-state index in [1.807, 2.05) is 22.6 Å². The highest BCUT2D eigenvalue weighted by molar-refractivity contribution is 14.1. The third kappa shape index (κ3) is 2.40. The molecule has 0 unspecified atom stereocenters. The fourth-order valence-corrected chi connectivity index (χ4v) is 1.64. The number of halogens is 2. The first-order chi connectivity index (χ1) is 6.16. The molecule has 4 heteroatoms.